The predicted molar refractivity (Wildman–Crippen MR) is 92.2 cm³/mol. The van der Waals surface area contributed by atoms with Gasteiger partial charge in [-0.25, -0.2) is 0 Å². The zero-order chi connectivity index (χ0) is 15.5. The third-order valence-electron chi connectivity index (χ3n) is 4.42. The van der Waals surface area contributed by atoms with Crippen molar-refractivity contribution in [3.05, 3.63) is 54.1 Å². The van der Waals surface area contributed by atoms with E-state index in [9.17, 15) is 5.11 Å². The van der Waals surface area contributed by atoms with Crippen LogP contribution in [-0.4, -0.2) is 36.2 Å². The van der Waals surface area contributed by atoms with Gasteiger partial charge in [-0.05, 0) is 30.2 Å². The molecule has 0 aliphatic carbocycles. The van der Waals surface area contributed by atoms with E-state index in [1.807, 2.05) is 24.3 Å². The van der Waals surface area contributed by atoms with Crippen molar-refractivity contribution in [2.75, 3.05) is 26.2 Å². The van der Waals surface area contributed by atoms with E-state index in [1.165, 1.54) is 5.39 Å². The first-order valence-corrected chi connectivity index (χ1v) is 7.96. The maximum atomic E-state index is 10.6. The summed E-state index contributed by atoms with van der Waals surface area (Å²) in [6.07, 6.45) is 0.877. The molecule has 3 heteroatoms. The smallest absolute Gasteiger partial charge is 0.121 e. The summed E-state index contributed by atoms with van der Waals surface area (Å²) >= 11 is 0. The highest BCUT2D eigenvalue weighted by Crippen LogP contribution is 2.38. The van der Waals surface area contributed by atoms with Crippen molar-refractivity contribution in [2.45, 2.75) is 19.4 Å². The first kappa shape index (κ1) is 15.1. The van der Waals surface area contributed by atoms with Gasteiger partial charge in [-0.3, -0.25) is 4.90 Å². The van der Waals surface area contributed by atoms with Crippen LogP contribution in [0.1, 0.15) is 24.9 Å². The first-order valence-electron chi connectivity index (χ1n) is 7.96. The maximum absolute atomic E-state index is 10.6. The maximum Gasteiger partial charge on any atom is 0.121 e. The highest BCUT2D eigenvalue weighted by Gasteiger charge is 2.26. The Morgan fingerprint density at radius 3 is 2.68 bits per heavy atom. The summed E-state index contributed by atoms with van der Waals surface area (Å²) in [6.45, 7) is 10.2. The molecule has 3 rings (SSSR count). The zero-order valence-corrected chi connectivity index (χ0v) is 13.2. The Bertz CT molecular complexity index is 674. The number of nitrogens with one attached hydrogen (secondary N) is 1. The molecule has 0 saturated carbocycles. The number of aromatic hydroxyl groups is 1. The standard InChI is InChI=1S/C19H24N2O/c1-14(2)13-17(21-11-9-20-10-12-21)19-16-6-4-3-5-15(16)7-8-18(19)22/h3-8,17,20,22H,1,9-13H2,2H3/t17-/m0/s1. The van der Waals surface area contributed by atoms with Crippen molar-refractivity contribution in [3.8, 4) is 5.75 Å². The molecule has 1 aliphatic heterocycles. The van der Waals surface area contributed by atoms with Gasteiger partial charge in [0.1, 0.15) is 5.75 Å². The van der Waals surface area contributed by atoms with Gasteiger partial charge in [0, 0.05) is 37.8 Å². The highest BCUT2D eigenvalue weighted by atomic mass is 16.3. The molecule has 0 radical (unpaired) electrons. The van der Waals surface area contributed by atoms with E-state index < -0.39 is 0 Å². The minimum Gasteiger partial charge on any atom is -0.508 e. The van der Waals surface area contributed by atoms with E-state index in [4.69, 9.17) is 0 Å². The lowest BCUT2D eigenvalue weighted by atomic mass is 9.92. The Kier molecular flexibility index (Phi) is 4.46. The monoisotopic (exact) mass is 296 g/mol. The van der Waals surface area contributed by atoms with Gasteiger partial charge < -0.3 is 10.4 Å². The van der Waals surface area contributed by atoms with Gasteiger partial charge in [-0.2, -0.15) is 0 Å². The normalized spacial score (nSPS) is 17.5. The van der Waals surface area contributed by atoms with Crippen molar-refractivity contribution in [3.63, 3.8) is 0 Å². The van der Waals surface area contributed by atoms with Gasteiger partial charge in [-0.15, -0.1) is 6.58 Å². The molecule has 0 aromatic heterocycles. The summed E-state index contributed by atoms with van der Waals surface area (Å²) in [4.78, 5) is 2.46. The molecular weight excluding hydrogens is 272 g/mol. The Morgan fingerprint density at radius 1 is 1.23 bits per heavy atom. The molecule has 22 heavy (non-hydrogen) atoms. The van der Waals surface area contributed by atoms with Crippen molar-refractivity contribution < 1.29 is 5.11 Å². The molecular formula is C19H24N2O. The number of phenolic OH excluding ortho intramolecular Hbond substituents is 1. The molecule has 1 atom stereocenters. The van der Waals surface area contributed by atoms with Gasteiger partial charge in [-0.1, -0.05) is 35.9 Å². The van der Waals surface area contributed by atoms with E-state index in [2.05, 4.69) is 35.9 Å². The molecule has 0 spiro atoms. The summed E-state index contributed by atoms with van der Waals surface area (Å²) in [5.74, 6) is 0.392. The molecule has 116 valence electrons. The molecule has 2 aromatic carbocycles. The molecule has 1 saturated heterocycles. The van der Waals surface area contributed by atoms with Gasteiger partial charge in [0.25, 0.3) is 0 Å². The molecule has 0 amide bonds. The van der Waals surface area contributed by atoms with Crippen LogP contribution >= 0.6 is 0 Å². The van der Waals surface area contributed by atoms with E-state index in [1.54, 1.807) is 0 Å². The summed E-state index contributed by atoms with van der Waals surface area (Å²) in [6, 6.07) is 12.3. The second-order valence-corrected chi connectivity index (χ2v) is 6.18. The lowest BCUT2D eigenvalue weighted by Gasteiger charge is -2.36. The lowest BCUT2D eigenvalue weighted by Crippen LogP contribution is -2.45. The number of fused-ring (bicyclic) bond motifs is 1. The van der Waals surface area contributed by atoms with Crippen LogP contribution in [0.4, 0.5) is 0 Å². The van der Waals surface area contributed by atoms with Crippen LogP contribution in [0, 0.1) is 0 Å². The van der Waals surface area contributed by atoms with Crippen LogP contribution in [0.2, 0.25) is 0 Å². The molecule has 0 bridgehead atoms. The van der Waals surface area contributed by atoms with Gasteiger partial charge in [0.2, 0.25) is 0 Å². The van der Waals surface area contributed by atoms with E-state index in [-0.39, 0.29) is 6.04 Å². The second-order valence-electron chi connectivity index (χ2n) is 6.18. The topological polar surface area (TPSA) is 35.5 Å². The van der Waals surface area contributed by atoms with Crippen molar-refractivity contribution in [2.24, 2.45) is 0 Å². The SMILES string of the molecule is C=C(C)C[C@@H](c1c(O)ccc2ccccc12)N1CCNCC1. The Balaban J connectivity index is 2.10. The number of hydrogen-bond donors (Lipinski definition) is 2. The summed E-state index contributed by atoms with van der Waals surface area (Å²) in [7, 11) is 0. The number of phenols is 1. The van der Waals surface area contributed by atoms with Crippen LogP contribution in [0.25, 0.3) is 10.8 Å². The van der Waals surface area contributed by atoms with Gasteiger partial charge >= 0.3 is 0 Å². The molecule has 2 aromatic rings. The number of hydrogen-bond acceptors (Lipinski definition) is 3. The Labute approximate surface area is 132 Å². The van der Waals surface area contributed by atoms with E-state index in [0.717, 1.165) is 49.1 Å². The molecule has 2 N–H and O–H groups in total. The fraction of sp³-hybridized carbons (Fsp3) is 0.368. The van der Waals surface area contributed by atoms with Crippen molar-refractivity contribution in [1.82, 2.24) is 10.2 Å². The highest BCUT2D eigenvalue weighted by molar-refractivity contribution is 5.88. The molecule has 1 aliphatic rings. The fourth-order valence-electron chi connectivity index (χ4n) is 3.37. The van der Waals surface area contributed by atoms with Crippen LogP contribution in [-0.2, 0) is 0 Å². The summed E-state index contributed by atoms with van der Waals surface area (Å²) in [5.41, 5.74) is 2.19. The molecule has 0 unspecified atom stereocenters. The average Bonchev–Trinajstić information content (AvgIpc) is 2.54. The fourth-order valence-corrected chi connectivity index (χ4v) is 3.37. The zero-order valence-electron chi connectivity index (χ0n) is 13.2. The largest absolute Gasteiger partial charge is 0.508 e. The molecule has 1 fully saturated rings. The lowest BCUT2D eigenvalue weighted by molar-refractivity contribution is 0.171. The van der Waals surface area contributed by atoms with Gasteiger partial charge in [0.15, 0.2) is 0 Å². The third-order valence-corrected chi connectivity index (χ3v) is 4.42. The number of nitrogens with zero attached hydrogens (tertiary/aromatic N) is 1. The first-order chi connectivity index (χ1) is 10.7. The minimum atomic E-state index is 0.186. The number of rotatable bonds is 4. The summed E-state index contributed by atoms with van der Waals surface area (Å²) in [5, 5.41) is 16.3. The van der Waals surface area contributed by atoms with Crippen LogP contribution < -0.4 is 5.32 Å². The number of piperazine rings is 1. The quantitative estimate of drug-likeness (QED) is 0.848. The van der Waals surface area contributed by atoms with Crippen LogP contribution in [0.15, 0.2) is 48.6 Å². The predicted octanol–water partition coefficient (Wildman–Crippen LogP) is 3.46. The molecule has 1 heterocycles. The second kappa shape index (κ2) is 6.51. The Hall–Kier alpha value is -1.84. The Morgan fingerprint density at radius 2 is 1.95 bits per heavy atom. The minimum absolute atomic E-state index is 0.186. The molecule has 3 nitrogen and oxygen atoms in total. The van der Waals surface area contributed by atoms with Crippen molar-refractivity contribution in [1.29, 1.82) is 0 Å². The number of benzene rings is 2. The van der Waals surface area contributed by atoms with Crippen LogP contribution in [0.5, 0.6) is 5.75 Å². The van der Waals surface area contributed by atoms with Gasteiger partial charge in [0.05, 0.1) is 0 Å². The summed E-state index contributed by atoms with van der Waals surface area (Å²) < 4.78 is 0. The van der Waals surface area contributed by atoms with E-state index >= 15 is 0 Å². The van der Waals surface area contributed by atoms with Crippen LogP contribution in [0.3, 0.4) is 0 Å². The van der Waals surface area contributed by atoms with Crippen molar-refractivity contribution >= 4 is 10.8 Å². The third kappa shape index (κ3) is 3.01. The van der Waals surface area contributed by atoms with E-state index in [0.29, 0.717) is 5.75 Å². The average molecular weight is 296 g/mol.